The van der Waals surface area contributed by atoms with E-state index in [9.17, 15) is 4.79 Å². The molecule has 3 N–H and O–H groups in total. The van der Waals surface area contributed by atoms with Gasteiger partial charge in [-0.15, -0.1) is 12.4 Å². The predicted octanol–water partition coefficient (Wildman–Crippen LogP) is 0.918. The molecule has 2 heterocycles. The second-order valence-corrected chi connectivity index (χ2v) is 3.62. The first-order valence-corrected chi connectivity index (χ1v) is 5.00. The maximum absolute atomic E-state index is 11.6. The summed E-state index contributed by atoms with van der Waals surface area (Å²) in [6.07, 6.45) is 5.68. The number of piperidine rings is 1. The number of H-pyrrole nitrogens is 1. The number of hydrogen-bond donors (Lipinski definition) is 3. The molecule has 15 heavy (non-hydrogen) atoms. The molecule has 84 valence electrons. The maximum atomic E-state index is 11.6. The monoisotopic (exact) mass is 229 g/mol. The van der Waals surface area contributed by atoms with E-state index in [0.717, 1.165) is 25.9 Å². The van der Waals surface area contributed by atoms with E-state index in [1.165, 1.54) is 0 Å². The van der Waals surface area contributed by atoms with Crippen LogP contribution in [0.25, 0.3) is 0 Å². The number of hydrogen-bond acceptors (Lipinski definition) is 2. The molecule has 1 fully saturated rings. The zero-order valence-electron chi connectivity index (χ0n) is 8.45. The molecule has 5 heteroatoms. The van der Waals surface area contributed by atoms with Crippen molar-refractivity contribution in [1.82, 2.24) is 15.6 Å². The molecule has 4 nitrogen and oxygen atoms in total. The van der Waals surface area contributed by atoms with Crippen LogP contribution in [0.15, 0.2) is 18.5 Å². The molecule has 0 radical (unpaired) electrons. The fourth-order valence-corrected chi connectivity index (χ4v) is 1.71. The van der Waals surface area contributed by atoms with Gasteiger partial charge in [0.05, 0.1) is 5.56 Å². The van der Waals surface area contributed by atoms with Gasteiger partial charge in [0.2, 0.25) is 0 Å². The number of amides is 1. The van der Waals surface area contributed by atoms with Crippen molar-refractivity contribution in [3.05, 3.63) is 24.0 Å². The van der Waals surface area contributed by atoms with Crippen LogP contribution in [0, 0.1) is 0 Å². The van der Waals surface area contributed by atoms with Gasteiger partial charge in [0.25, 0.3) is 5.91 Å². The molecule has 1 aliphatic heterocycles. The number of rotatable bonds is 2. The van der Waals surface area contributed by atoms with Crippen LogP contribution in [0.1, 0.15) is 23.2 Å². The minimum absolute atomic E-state index is 0. The van der Waals surface area contributed by atoms with Gasteiger partial charge >= 0.3 is 0 Å². The van der Waals surface area contributed by atoms with E-state index in [0.29, 0.717) is 5.56 Å². The van der Waals surface area contributed by atoms with Gasteiger partial charge in [-0.25, -0.2) is 0 Å². The summed E-state index contributed by atoms with van der Waals surface area (Å²) < 4.78 is 0. The Labute approximate surface area is 95.2 Å². The third-order valence-corrected chi connectivity index (χ3v) is 2.49. The van der Waals surface area contributed by atoms with Crippen molar-refractivity contribution in [3.8, 4) is 0 Å². The Morgan fingerprint density at radius 2 is 2.40 bits per heavy atom. The lowest BCUT2D eigenvalue weighted by molar-refractivity contribution is 0.0931. The summed E-state index contributed by atoms with van der Waals surface area (Å²) >= 11 is 0. The number of nitrogens with one attached hydrogen (secondary N) is 3. The second kappa shape index (κ2) is 5.78. The molecule has 1 atom stereocenters. The number of carbonyl (C=O) groups is 1. The fourth-order valence-electron chi connectivity index (χ4n) is 1.71. The topological polar surface area (TPSA) is 56.9 Å². The smallest absolute Gasteiger partial charge is 0.253 e. The Balaban J connectivity index is 0.00000112. The van der Waals surface area contributed by atoms with E-state index in [-0.39, 0.29) is 24.4 Å². The lowest BCUT2D eigenvalue weighted by atomic mass is 10.1. The van der Waals surface area contributed by atoms with E-state index in [4.69, 9.17) is 0 Å². The minimum Gasteiger partial charge on any atom is -0.367 e. The van der Waals surface area contributed by atoms with Crippen molar-refractivity contribution < 1.29 is 4.79 Å². The summed E-state index contributed by atoms with van der Waals surface area (Å²) in [4.78, 5) is 14.5. The first kappa shape index (κ1) is 12.1. The van der Waals surface area contributed by atoms with E-state index in [1.807, 2.05) is 0 Å². The summed E-state index contributed by atoms with van der Waals surface area (Å²) in [5, 5.41) is 6.26. The predicted molar refractivity (Wildman–Crippen MR) is 61.4 cm³/mol. The van der Waals surface area contributed by atoms with Gasteiger partial charge in [-0.2, -0.15) is 0 Å². The van der Waals surface area contributed by atoms with Crippen molar-refractivity contribution in [2.75, 3.05) is 13.1 Å². The van der Waals surface area contributed by atoms with Gasteiger partial charge in [-0.05, 0) is 25.5 Å². The molecular formula is C10H16ClN3O. The molecule has 1 aromatic rings. The van der Waals surface area contributed by atoms with E-state index in [1.54, 1.807) is 18.5 Å². The molecule has 1 saturated heterocycles. The highest BCUT2D eigenvalue weighted by Crippen LogP contribution is 2.03. The molecule has 0 aliphatic carbocycles. The summed E-state index contributed by atoms with van der Waals surface area (Å²) in [6, 6.07) is 2.07. The average Bonchev–Trinajstić information content (AvgIpc) is 2.72. The Hall–Kier alpha value is -1.00. The van der Waals surface area contributed by atoms with E-state index < -0.39 is 0 Å². The quantitative estimate of drug-likeness (QED) is 0.707. The standard InChI is InChI=1S/C10H15N3O.ClH/c14-10(8-3-5-12-6-8)13-9-2-1-4-11-7-9;/h3,5-6,9,11-12H,1-2,4,7H2,(H,13,14);1H. The van der Waals surface area contributed by atoms with Gasteiger partial charge in [0, 0.05) is 25.0 Å². The summed E-state index contributed by atoms with van der Waals surface area (Å²) in [5.41, 5.74) is 0.704. The molecule has 0 bridgehead atoms. The number of carbonyl (C=O) groups excluding carboxylic acids is 1. The van der Waals surface area contributed by atoms with Crippen LogP contribution in [0.3, 0.4) is 0 Å². The Morgan fingerprint density at radius 1 is 1.53 bits per heavy atom. The molecule has 1 amide bonds. The Morgan fingerprint density at radius 3 is 3.00 bits per heavy atom. The van der Waals surface area contributed by atoms with E-state index >= 15 is 0 Å². The minimum atomic E-state index is 0. The summed E-state index contributed by atoms with van der Waals surface area (Å²) in [5.74, 6) is 0.0138. The largest absolute Gasteiger partial charge is 0.367 e. The normalized spacial score (nSPS) is 20.4. The molecule has 0 aromatic carbocycles. The van der Waals surface area contributed by atoms with Crippen LogP contribution in [0.2, 0.25) is 0 Å². The van der Waals surface area contributed by atoms with Crippen LogP contribution in [0.4, 0.5) is 0 Å². The molecule has 0 spiro atoms. The lowest BCUT2D eigenvalue weighted by Crippen LogP contribution is -2.45. The van der Waals surface area contributed by atoms with Crippen molar-refractivity contribution in [3.63, 3.8) is 0 Å². The van der Waals surface area contributed by atoms with Crippen LogP contribution >= 0.6 is 12.4 Å². The Bertz CT molecular complexity index is 294. The molecular weight excluding hydrogens is 214 g/mol. The van der Waals surface area contributed by atoms with Gasteiger partial charge in [0.15, 0.2) is 0 Å². The van der Waals surface area contributed by atoms with Crippen molar-refractivity contribution in [2.24, 2.45) is 0 Å². The average molecular weight is 230 g/mol. The van der Waals surface area contributed by atoms with Gasteiger partial charge in [0.1, 0.15) is 0 Å². The highest BCUT2D eigenvalue weighted by molar-refractivity contribution is 5.94. The molecule has 1 aromatic heterocycles. The van der Waals surface area contributed by atoms with Crippen LogP contribution in [-0.2, 0) is 0 Å². The number of halogens is 1. The van der Waals surface area contributed by atoms with Crippen molar-refractivity contribution >= 4 is 18.3 Å². The van der Waals surface area contributed by atoms with Crippen LogP contribution < -0.4 is 10.6 Å². The second-order valence-electron chi connectivity index (χ2n) is 3.62. The van der Waals surface area contributed by atoms with Crippen molar-refractivity contribution in [2.45, 2.75) is 18.9 Å². The zero-order valence-corrected chi connectivity index (χ0v) is 9.27. The zero-order chi connectivity index (χ0) is 9.80. The molecule has 1 aliphatic rings. The number of aromatic nitrogens is 1. The summed E-state index contributed by atoms with van der Waals surface area (Å²) in [7, 11) is 0. The highest BCUT2D eigenvalue weighted by Gasteiger charge is 2.15. The van der Waals surface area contributed by atoms with Crippen molar-refractivity contribution in [1.29, 1.82) is 0 Å². The molecule has 1 unspecified atom stereocenters. The maximum Gasteiger partial charge on any atom is 0.253 e. The van der Waals surface area contributed by atoms with Crippen LogP contribution in [-0.4, -0.2) is 30.0 Å². The first-order chi connectivity index (χ1) is 6.86. The lowest BCUT2D eigenvalue weighted by Gasteiger charge is -2.23. The number of aromatic amines is 1. The molecule has 0 saturated carbocycles. The Kier molecular flexibility index (Phi) is 4.65. The van der Waals surface area contributed by atoms with Crippen LogP contribution in [0.5, 0.6) is 0 Å². The first-order valence-electron chi connectivity index (χ1n) is 5.00. The highest BCUT2D eigenvalue weighted by atomic mass is 35.5. The fraction of sp³-hybridized carbons (Fsp3) is 0.500. The SMILES string of the molecule is Cl.O=C(NC1CCCNC1)c1cc[nH]c1. The third-order valence-electron chi connectivity index (χ3n) is 2.49. The van der Waals surface area contributed by atoms with Gasteiger partial charge < -0.3 is 15.6 Å². The third kappa shape index (κ3) is 3.25. The van der Waals surface area contributed by atoms with Gasteiger partial charge in [-0.1, -0.05) is 0 Å². The van der Waals surface area contributed by atoms with E-state index in [2.05, 4.69) is 15.6 Å². The molecule has 2 rings (SSSR count). The summed E-state index contributed by atoms with van der Waals surface area (Å²) in [6.45, 7) is 1.95. The van der Waals surface area contributed by atoms with Gasteiger partial charge in [-0.3, -0.25) is 4.79 Å².